The molecule has 2 N–H and O–H groups in total. The zero-order chi connectivity index (χ0) is 6.97. The third-order valence-electron chi connectivity index (χ3n) is 1.74. The van der Waals surface area contributed by atoms with E-state index >= 15 is 0 Å². The molecule has 0 spiro atoms. The largest absolute Gasteiger partial charge is 0.370 e. The Bertz CT molecular complexity index is 199. The van der Waals surface area contributed by atoms with E-state index in [-0.39, 0.29) is 5.91 Å². The molecule has 10 heavy (non-hydrogen) atoms. The maximum Gasteiger partial charge on any atom is 0.248 e. The van der Waals surface area contributed by atoms with Gasteiger partial charge in [-0.05, 0) is 0 Å². The number of hydrogen-bond acceptors (Lipinski definition) is 3. The normalized spacial score (nSPS) is 23.0. The van der Waals surface area contributed by atoms with Gasteiger partial charge in [0, 0.05) is 19.2 Å². The molecule has 0 bridgehead atoms. The summed E-state index contributed by atoms with van der Waals surface area (Å²) in [6.45, 7) is 2.59. The molecule has 0 aromatic carbocycles. The number of nitrogens with one attached hydrogen (secondary N) is 2. The second-order valence-electron chi connectivity index (χ2n) is 2.42. The van der Waals surface area contributed by atoms with Gasteiger partial charge < -0.3 is 15.5 Å². The molecule has 0 aromatic heterocycles. The van der Waals surface area contributed by atoms with E-state index in [9.17, 15) is 4.79 Å². The second-order valence-corrected chi connectivity index (χ2v) is 2.42. The zero-order valence-electron chi connectivity index (χ0n) is 5.55. The topological polar surface area (TPSA) is 44.4 Å². The molecule has 1 fully saturated rings. The molecule has 0 unspecified atom stereocenters. The van der Waals surface area contributed by atoms with Gasteiger partial charge in [-0.15, -0.1) is 0 Å². The van der Waals surface area contributed by atoms with Crippen molar-refractivity contribution >= 4 is 5.91 Å². The Balaban J connectivity index is 2.23. The summed E-state index contributed by atoms with van der Waals surface area (Å²) in [6, 6.07) is 0. The molecule has 0 aliphatic carbocycles. The standard InChI is InChI=1S/C6H9N3O/c10-6-3-5-7-1-2-9(5)4-8-6/h3,7H,1-2,4H2,(H,8,10). The third-order valence-corrected chi connectivity index (χ3v) is 1.74. The highest BCUT2D eigenvalue weighted by Crippen LogP contribution is 2.07. The van der Waals surface area contributed by atoms with Gasteiger partial charge in [-0.25, -0.2) is 0 Å². The molecule has 0 saturated carbocycles. The summed E-state index contributed by atoms with van der Waals surface area (Å²) in [6.07, 6.45) is 1.59. The third kappa shape index (κ3) is 0.725. The first-order valence-corrected chi connectivity index (χ1v) is 3.34. The van der Waals surface area contributed by atoms with Crippen LogP contribution in [-0.4, -0.2) is 30.6 Å². The number of nitrogens with zero attached hydrogens (tertiary/aromatic N) is 1. The Morgan fingerprint density at radius 2 is 2.40 bits per heavy atom. The highest BCUT2D eigenvalue weighted by Gasteiger charge is 2.20. The highest BCUT2D eigenvalue weighted by molar-refractivity contribution is 5.88. The number of rotatable bonds is 0. The monoisotopic (exact) mass is 139 g/mol. The maximum absolute atomic E-state index is 10.8. The highest BCUT2D eigenvalue weighted by atomic mass is 16.1. The molecule has 2 heterocycles. The molecular weight excluding hydrogens is 130 g/mol. The van der Waals surface area contributed by atoms with Crippen molar-refractivity contribution in [2.24, 2.45) is 0 Å². The number of amides is 1. The van der Waals surface area contributed by atoms with Crippen molar-refractivity contribution in [3.63, 3.8) is 0 Å². The minimum atomic E-state index is 0.000602. The van der Waals surface area contributed by atoms with Crippen molar-refractivity contribution in [1.82, 2.24) is 15.5 Å². The van der Waals surface area contributed by atoms with Crippen LogP contribution in [0.3, 0.4) is 0 Å². The Morgan fingerprint density at radius 3 is 3.30 bits per heavy atom. The first kappa shape index (κ1) is 5.58. The van der Waals surface area contributed by atoms with Gasteiger partial charge in [-0.2, -0.15) is 0 Å². The minimum absolute atomic E-state index is 0.000602. The number of carbonyl (C=O) groups excluding carboxylic acids is 1. The van der Waals surface area contributed by atoms with Gasteiger partial charge in [0.15, 0.2) is 0 Å². The van der Waals surface area contributed by atoms with E-state index in [2.05, 4.69) is 15.5 Å². The summed E-state index contributed by atoms with van der Waals surface area (Å²) >= 11 is 0. The van der Waals surface area contributed by atoms with E-state index in [1.165, 1.54) is 0 Å². The fourth-order valence-electron chi connectivity index (χ4n) is 1.21. The molecule has 0 atom stereocenters. The molecule has 1 saturated heterocycles. The number of hydrogen-bond donors (Lipinski definition) is 2. The average Bonchev–Trinajstić information content (AvgIpc) is 2.33. The first-order valence-electron chi connectivity index (χ1n) is 3.34. The Labute approximate surface area is 58.9 Å². The smallest absolute Gasteiger partial charge is 0.248 e. The summed E-state index contributed by atoms with van der Waals surface area (Å²) < 4.78 is 0. The van der Waals surface area contributed by atoms with Crippen LogP contribution in [-0.2, 0) is 4.79 Å². The molecule has 0 aromatic rings. The van der Waals surface area contributed by atoms with E-state index in [0.29, 0.717) is 6.67 Å². The van der Waals surface area contributed by atoms with E-state index in [0.717, 1.165) is 18.9 Å². The van der Waals surface area contributed by atoms with Crippen molar-refractivity contribution < 1.29 is 4.79 Å². The summed E-state index contributed by atoms with van der Waals surface area (Å²) in [5, 5.41) is 5.84. The van der Waals surface area contributed by atoms with Crippen molar-refractivity contribution in [3.05, 3.63) is 11.9 Å². The van der Waals surface area contributed by atoms with Crippen LogP contribution in [0.25, 0.3) is 0 Å². The van der Waals surface area contributed by atoms with Crippen LogP contribution < -0.4 is 10.6 Å². The van der Waals surface area contributed by atoms with Crippen molar-refractivity contribution in [1.29, 1.82) is 0 Å². The predicted octanol–water partition coefficient (Wildman–Crippen LogP) is -1.18. The fraction of sp³-hybridized carbons (Fsp3) is 0.500. The molecule has 2 aliphatic heterocycles. The Kier molecular flexibility index (Phi) is 1.06. The maximum atomic E-state index is 10.8. The number of fused-ring (bicyclic) bond motifs is 1. The molecule has 4 heteroatoms. The molecular formula is C6H9N3O. The molecule has 4 nitrogen and oxygen atoms in total. The van der Waals surface area contributed by atoms with E-state index in [4.69, 9.17) is 0 Å². The Hall–Kier alpha value is -1.19. The average molecular weight is 139 g/mol. The summed E-state index contributed by atoms with van der Waals surface area (Å²) in [4.78, 5) is 12.9. The lowest BCUT2D eigenvalue weighted by molar-refractivity contribution is -0.117. The molecule has 54 valence electrons. The summed E-state index contributed by atoms with van der Waals surface area (Å²) in [5.74, 6) is 0.962. The molecule has 1 amide bonds. The van der Waals surface area contributed by atoms with Gasteiger partial charge in [-0.1, -0.05) is 0 Å². The lowest BCUT2D eigenvalue weighted by Crippen LogP contribution is -2.40. The number of carbonyl (C=O) groups is 1. The van der Waals surface area contributed by atoms with E-state index < -0.39 is 0 Å². The van der Waals surface area contributed by atoms with Crippen LogP contribution in [0, 0.1) is 0 Å². The Morgan fingerprint density at radius 1 is 1.50 bits per heavy atom. The predicted molar refractivity (Wildman–Crippen MR) is 35.8 cm³/mol. The van der Waals surface area contributed by atoms with Gasteiger partial charge in [-0.3, -0.25) is 4.79 Å². The second kappa shape index (κ2) is 1.90. The summed E-state index contributed by atoms with van der Waals surface area (Å²) in [7, 11) is 0. The van der Waals surface area contributed by atoms with Crippen molar-refractivity contribution in [2.45, 2.75) is 0 Å². The van der Waals surface area contributed by atoms with E-state index in [1.807, 2.05) is 0 Å². The first-order chi connectivity index (χ1) is 4.86. The quantitative estimate of drug-likeness (QED) is 0.444. The lowest BCUT2D eigenvalue weighted by atomic mass is 10.4. The van der Waals surface area contributed by atoms with Crippen LogP contribution in [0.15, 0.2) is 11.9 Å². The summed E-state index contributed by atoms with van der Waals surface area (Å²) in [5.41, 5.74) is 0. The fourth-order valence-corrected chi connectivity index (χ4v) is 1.21. The van der Waals surface area contributed by atoms with Crippen LogP contribution >= 0.6 is 0 Å². The minimum Gasteiger partial charge on any atom is -0.370 e. The van der Waals surface area contributed by atoms with Crippen LogP contribution in [0.5, 0.6) is 0 Å². The SMILES string of the molecule is O=C1C=C2NCCN2CN1. The zero-order valence-corrected chi connectivity index (χ0v) is 5.55. The lowest BCUT2D eigenvalue weighted by Gasteiger charge is -2.22. The van der Waals surface area contributed by atoms with Gasteiger partial charge >= 0.3 is 0 Å². The van der Waals surface area contributed by atoms with Gasteiger partial charge in [0.1, 0.15) is 5.82 Å². The van der Waals surface area contributed by atoms with Crippen LogP contribution in [0.2, 0.25) is 0 Å². The van der Waals surface area contributed by atoms with Crippen LogP contribution in [0.1, 0.15) is 0 Å². The molecule has 2 rings (SSSR count). The van der Waals surface area contributed by atoms with Gasteiger partial charge in [0.2, 0.25) is 5.91 Å². The van der Waals surface area contributed by atoms with Gasteiger partial charge in [0.25, 0.3) is 0 Å². The van der Waals surface area contributed by atoms with Crippen molar-refractivity contribution in [2.75, 3.05) is 19.8 Å². The van der Waals surface area contributed by atoms with Crippen molar-refractivity contribution in [3.8, 4) is 0 Å². The molecule has 2 aliphatic rings. The van der Waals surface area contributed by atoms with E-state index in [1.54, 1.807) is 6.08 Å². The molecule has 0 radical (unpaired) electrons. The van der Waals surface area contributed by atoms with Crippen LogP contribution in [0.4, 0.5) is 0 Å². The van der Waals surface area contributed by atoms with Gasteiger partial charge in [0.05, 0.1) is 6.67 Å².